The van der Waals surface area contributed by atoms with Crippen molar-refractivity contribution < 1.29 is 28.6 Å². The Morgan fingerprint density at radius 2 is 0.661 bits per heavy atom. The van der Waals surface area contributed by atoms with E-state index in [9.17, 15) is 14.4 Å². The molecule has 1 atom stereocenters. The summed E-state index contributed by atoms with van der Waals surface area (Å²) in [4.78, 5) is 37.7. The highest BCUT2D eigenvalue weighted by molar-refractivity contribution is 5.71. The maximum Gasteiger partial charge on any atom is 0.306 e. The van der Waals surface area contributed by atoms with Gasteiger partial charge in [-0.3, -0.25) is 14.4 Å². The second-order valence-corrected chi connectivity index (χ2v) is 15.4. The van der Waals surface area contributed by atoms with Gasteiger partial charge in [0.25, 0.3) is 0 Å². The number of allylic oxidation sites excluding steroid dienone is 10. The lowest BCUT2D eigenvalue weighted by Gasteiger charge is -2.18. The highest BCUT2D eigenvalue weighted by atomic mass is 16.6. The molecular weight excluding hydrogens is 697 g/mol. The van der Waals surface area contributed by atoms with Gasteiger partial charge in [0, 0.05) is 19.3 Å². The van der Waals surface area contributed by atoms with E-state index in [0.717, 1.165) is 89.9 Å². The lowest BCUT2D eigenvalue weighted by atomic mass is 10.1. The monoisotopic (exact) mass is 783 g/mol. The van der Waals surface area contributed by atoms with E-state index < -0.39 is 6.10 Å². The predicted molar refractivity (Wildman–Crippen MR) is 238 cm³/mol. The van der Waals surface area contributed by atoms with Crippen LogP contribution in [0.15, 0.2) is 60.8 Å². The molecule has 322 valence electrons. The average Bonchev–Trinajstić information content (AvgIpc) is 3.19. The Morgan fingerprint density at radius 3 is 1.07 bits per heavy atom. The molecule has 0 radical (unpaired) electrons. The Morgan fingerprint density at radius 1 is 0.357 bits per heavy atom. The van der Waals surface area contributed by atoms with Gasteiger partial charge in [-0.25, -0.2) is 0 Å². The molecule has 6 nitrogen and oxygen atoms in total. The van der Waals surface area contributed by atoms with Crippen molar-refractivity contribution in [1.82, 2.24) is 0 Å². The average molecular weight is 783 g/mol. The van der Waals surface area contributed by atoms with Gasteiger partial charge in [0.05, 0.1) is 0 Å². The first-order valence-electron chi connectivity index (χ1n) is 23.3. The smallest absolute Gasteiger partial charge is 0.306 e. The van der Waals surface area contributed by atoms with Crippen LogP contribution in [-0.4, -0.2) is 37.2 Å². The third-order valence-corrected chi connectivity index (χ3v) is 9.77. The number of ether oxygens (including phenoxy) is 3. The second-order valence-electron chi connectivity index (χ2n) is 15.4. The van der Waals surface area contributed by atoms with Gasteiger partial charge in [-0.2, -0.15) is 0 Å². The van der Waals surface area contributed by atoms with Gasteiger partial charge < -0.3 is 14.2 Å². The van der Waals surface area contributed by atoms with E-state index in [1.54, 1.807) is 0 Å². The summed E-state index contributed by atoms with van der Waals surface area (Å²) in [5, 5.41) is 0. The second kappa shape index (κ2) is 44.8. The molecule has 0 N–H and O–H groups in total. The Bertz CT molecular complexity index is 1040. The number of rotatable bonds is 41. The van der Waals surface area contributed by atoms with Gasteiger partial charge in [-0.1, -0.05) is 178 Å². The van der Waals surface area contributed by atoms with E-state index in [-0.39, 0.29) is 37.5 Å². The van der Waals surface area contributed by atoms with Crippen LogP contribution in [0.5, 0.6) is 0 Å². The molecule has 0 rings (SSSR count). The zero-order valence-electron chi connectivity index (χ0n) is 36.6. The third-order valence-electron chi connectivity index (χ3n) is 9.77. The Hall–Kier alpha value is -2.89. The van der Waals surface area contributed by atoms with Crippen LogP contribution in [0.1, 0.15) is 220 Å². The summed E-state index contributed by atoms with van der Waals surface area (Å²) in [6.07, 6.45) is 53.5. The fourth-order valence-electron chi connectivity index (χ4n) is 6.15. The highest BCUT2D eigenvalue weighted by Crippen LogP contribution is 2.13. The molecule has 0 saturated carbocycles. The largest absolute Gasteiger partial charge is 0.462 e. The van der Waals surface area contributed by atoms with Crippen LogP contribution in [0.25, 0.3) is 0 Å². The number of esters is 3. The van der Waals surface area contributed by atoms with Crippen LogP contribution in [-0.2, 0) is 28.6 Å². The number of carbonyl (C=O) groups is 3. The summed E-state index contributed by atoms with van der Waals surface area (Å²) in [6, 6.07) is 0. The summed E-state index contributed by atoms with van der Waals surface area (Å²) in [5.41, 5.74) is 0. The molecule has 0 aromatic carbocycles. The lowest BCUT2D eigenvalue weighted by molar-refractivity contribution is -0.167. The summed E-state index contributed by atoms with van der Waals surface area (Å²) >= 11 is 0. The molecule has 0 spiro atoms. The predicted octanol–water partition coefficient (Wildman–Crippen LogP) is 14.9. The molecule has 0 saturated heterocycles. The Balaban J connectivity index is 4.42. The molecule has 0 amide bonds. The van der Waals surface area contributed by atoms with E-state index in [0.29, 0.717) is 12.8 Å². The molecule has 0 aliphatic rings. The minimum atomic E-state index is -0.799. The van der Waals surface area contributed by atoms with Crippen LogP contribution in [0.4, 0.5) is 0 Å². The molecule has 0 fully saturated rings. The van der Waals surface area contributed by atoms with Crippen molar-refractivity contribution in [3.63, 3.8) is 0 Å². The molecule has 0 aromatic rings. The molecule has 0 aliphatic carbocycles. The molecule has 0 bridgehead atoms. The number of hydrogen-bond donors (Lipinski definition) is 0. The number of hydrogen-bond acceptors (Lipinski definition) is 6. The Labute approximate surface area is 345 Å². The summed E-state index contributed by atoms with van der Waals surface area (Å²) in [5.74, 6) is -0.967. The van der Waals surface area contributed by atoms with Crippen molar-refractivity contribution in [3.8, 4) is 0 Å². The van der Waals surface area contributed by atoms with Crippen LogP contribution < -0.4 is 0 Å². The molecule has 6 heteroatoms. The van der Waals surface area contributed by atoms with Crippen molar-refractivity contribution >= 4 is 17.9 Å². The lowest BCUT2D eigenvalue weighted by Crippen LogP contribution is -2.30. The van der Waals surface area contributed by atoms with Crippen LogP contribution in [0.2, 0.25) is 0 Å². The van der Waals surface area contributed by atoms with Gasteiger partial charge in [0.2, 0.25) is 0 Å². The van der Waals surface area contributed by atoms with Crippen molar-refractivity contribution in [1.29, 1.82) is 0 Å². The molecule has 0 heterocycles. The summed E-state index contributed by atoms with van der Waals surface area (Å²) in [6.45, 7) is 6.46. The summed E-state index contributed by atoms with van der Waals surface area (Å²) in [7, 11) is 0. The highest BCUT2D eigenvalue weighted by Gasteiger charge is 2.19. The van der Waals surface area contributed by atoms with Gasteiger partial charge in [-0.15, -0.1) is 0 Å². The fraction of sp³-hybridized carbons (Fsp3) is 0.740. The van der Waals surface area contributed by atoms with Crippen molar-refractivity contribution in [3.05, 3.63) is 60.8 Å². The van der Waals surface area contributed by atoms with Gasteiger partial charge in [0.15, 0.2) is 6.10 Å². The van der Waals surface area contributed by atoms with Gasteiger partial charge in [0.1, 0.15) is 13.2 Å². The quantitative estimate of drug-likeness (QED) is 0.0202. The zero-order valence-corrected chi connectivity index (χ0v) is 36.6. The third kappa shape index (κ3) is 42.3. The summed E-state index contributed by atoms with van der Waals surface area (Å²) < 4.78 is 16.6. The number of unbranched alkanes of at least 4 members (excludes halogenated alkanes) is 22. The molecule has 1 unspecified atom stereocenters. The normalized spacial score (nSPS) is 12.6. The van der Waals surface area contributed by atoms with Crippen LogP contribution in [0, 0.1) is 0 Å². The van der Waals surface area contributed by atoms with Crippen molar-refractivity contribution in [2.45, 2.75) is 226 Å². The van der Waals surface area contributed by atoms with Crippen LogP contribution in [0.3, 0.4) is 0 Å². The van der Waals surface area contributed by atoms with E-state index in [2.05, 4.69) is 81.5 Å². The van der Waals surface area contributed by atoms with Crippen molar-refractivity contribution in [2.24, 2.45) is 0 Å². The first-order chi connectivity index (χ1) is 27.5. The van der Waals surface area contributed by atoms with E-state index >= 15 is 0 Å². The molecule has 0 aromatic heterocycles. The number of carbonyl (C=O) groups excluding carboxylic acids is 3. The van der Waals surface area contributed by atoms with Crippen molar-refractivity contribution in [2.75, 3.05) is 13.2 Å². The molecular formula is C50H86O6. The molecule has 56 heavy (non-hydrogen) atoms. The van der Waals surface area contributed by atoms with E-state index in [4.69, 9.17) is 14.2 Å². The standard InChI is InChI=1S/C50H86O6/c1-4-7-10-13-16-19-22-23-24-25-26-29-31-34-37-40-43-49(52)55-46-47(56-50(53)44-41-38-35-32-28-21-18-15-12-9-6-3)45-54-48(51)42-39-36-33-30-27-20-17-14-11-8-5-2/h14-15,17-18,20-21,24-25,27-28,47H,4-13,16,19,22-23,26,29-46H2,1-3H3/b17-14-,18-15-,25-24-,27-20-,28-21-. The maximum atomic E-state index is 12.7. The topological polar surface area (TPSA) is 78.9 Å². The minimum Gasteiger partial charge on any atom is -0.462 e. The SMILES string of the molecule is CCCC/C=C\C=C/CCCCCC(=O)OCC(COC(=O)CCCCCCC/C=C\CCCCCCCCC)OC(=O)CCCCC/C=C\C=C/CCCC. The van der Waals surface area contributed by atoms with Crippen LogP contribution >= 0.6 is 0 Å². The maximum absolute atomic E-state index is 12.7. The first-order valence-corrected chi connectivity index (χ1v) is 23.3. The van der Waals surface area contributed by atoms with E-state index in [1.165, 1.54) is 89.9 Å². The molecule has 0 aliphatic heterocycles. The zero-order chi connectivity index (χ0) is 40.8. The van der Waals surface area contributed by atoms with Gasteiger partial charge >= 0.3 is 17.9 Å². The van der Waals surface area contributed by atoms with Gasteiger partial charge in [-0.05, 0) is 83.5 Å². The fourth-order valence-corrected chi connectivity index (χ4v) is 6.15. The minimum absolute atomic E-state index is 0.0984. The Kier molecular flexibility index (Phi) is 42.5. The first kappa shape index (κ1) is 53.1. The van der Waals surface area contributed by atoms with E-state index in [1.807, 2.05) is 0 Å².